The van der Waals surface area contributed by atoms with Gasteiger partial charge in [0.2, 0.25) is 6.79 Å². The topological polar surface area (TPSA) is 58.1 Å². The highest BCUT2D eigenvalue weighted by Gasteiger charge is 2.12. The van der Waals surface area contributed by atoms with Gasteiger partial charge in [0.15, 0.2) is 17.5 Å². The summed E-state index contributed by atoms with van der Waals surface area (Å²) in [5, 5.41) is 6.61. The number of aliphatic imine (C=N–C) groups is 1. The van der Waals surface area contributed by atoms with Gasteiger partial charge in [-0.25, -0.2) is 4.99 Å². The largest absolute Gasteiger partial charge is 0.454 e. The van der Waals surface area contributed by atoms with Crippen LogP contribution in [0.3, 0.4) is 0 Å². The zero-order valence-corrected chi connectivity index (χ0v) is 13.7. The van der Waals surface area contributed by atoms with Crippen molar-refractivity contribution in [2.45, 2.75) is 20.4 Å². The van der Waals surface area contributed by atoms with Crippen molar-refractivity contribution in [1.29, 1.82) is 0 Å². The highest BCUT2D eigenvalue weighted by atomic mass is 16.7. The van der Waals surface area contributed by atoms with Gasteiger partial charge in [0.25, 0.3) is 0 Å². The van der Waals surface area contributed by atoms with Gasteiger partial charge < -0.3 is 25.0 Å². The van der Waals surface area contributed by atoms with Crippen LogP contribution in [-0.2, 0) is 6.54 Å². The zero-order valence-electron chi connectivity index (χ0n) is 13.7. The van der Waals surface area contributed by atoms with E-state index >= 15 is 0 Å². The molecule has 0 fully saturated rings. The van der Waals surface area contributed by atoms with E-state index in [9.17, 15) is 0 Å². The summed E-state index contributed by atoms with van der Waals surface area (Å²) in [7, 11) is 2.11. The molecule has 0 amide bonds. The lowest BCUT2D eigenvalue weighted by molar-refractivity contribution is 0.174. The molecule has 22 heavy (non-hydrogen) atoms. The summed E-state index contributed by atoms with van der Waals surface area (Å²) in [6.45, 7) is 8.88. The fraction of sp³-hybridized carbons (Fsp3) is 0.562. The van der Waals surface area contributed by atoms with E-state index in [4.69, 9.17) is 9.47 Å². The molecule has 0 saturated heterocycles. The van der Waals surface area contributed by atoms with Crippen molar-refractivity contribution in [1.82, 2.24) is 15.5 Å². The van der Waals surface area contributed by atoms with Gasteiger partial charge in [0.05, 0.1) is 6.54 Å². The molecule has 6 nitrogen and oxygen atoms in total. The molecule has 2 rings (SSSR count). The van der Waals surface area contributed by atoms with Crippen molar-refractivity contribution < 1.29 is 9.47 Å². The maximum absolute atomic E-state index is 5.39. The van der Waals surface area contributed by atoms with Crippen molar-refractivity contribution in [2.75, 3.05) is 40.0 Å². The van der Waals surface area contributed by atoms with Crippen LogP contribution in [0.5, 0.6) is 11.5 Å². The Hall–Kier alpha value is -1.95. The van der Waals surface area contributed by atoms with E-state index in [-0.39, 0.29) is 0 Å². The Balaban J connectivity index is 1.89. The minimum absolute atomic E-state index is 0.303. The van der Waals surface area contributed by atoms with Crippen molar-refractivity contribution in [3.63, 3.8) is 0 Å². The third-order valence-electron chi connectivity index (χ3n) is 3.53. The quantitative estimate of drug-likeness (QED) is 0.589. The number of guanidine groups is 1. The second kappa shape index (κ2) is 8.48. The number of likely N-dealkylation sites (N-methyl/N-ethyl adjacent to an activating group) is 1. The van der Waals surface area contributed by atoms with Crippen molar-refractivity contribution in [3.05, 3.63) is 23.8 Å². The smallest absolute Gasteiger partial charge is 0.231 e. The third-order valence-corrected chi connectivity index (χ3v) is 3.53. The van der Waals surface area contributed by atoms with Gasteiger partial charge in [-0.15, -0.1) is 0 Å². The molecule has 122 valence electrons. The third kappa shape index (κ3) is 4.80. The van der Waals surface area contributed by atoms with E-state index in [2.05, 4.69) is 41.4 Å². The first-order valence-corrected chi connectivity index (χ1v) is 7.82. The molecule has 1 aliphatic heterocycles. The van der Waals surface area contributed by atoms with Gasteiger partial charge in [-0.05, 0) is 38.2 Å². The van der Waals surface area contributed by atoms with Crippen LogP contribution < -0.4 is 20.1 Å². The molecular formula is C16H26N4O2. The minimum atomic E-state index is 0.303. The number of nitrogens with one attached hydrogen (secondary N) is 2. The molecule has 1 aromatic carbocycles. The first kappa shape index (κ1) is 16.4. The monoisotopic (exact) mass is 306 g/mol. The minimum Gasteiger partial charge on any atom is -0.454 e. The standard InChI is InChI=1S/C16H26N4O2/c1-4-17-16(18-8-9-20(3)5-2)19-11-13-6-7-14-15(10-13)22-12-21-14/h6-7,10H,4-5,8-9,11-12H2,1-3H3,(H2,17,18,19). The van der Waals surface area contributed by atoms with Crippen LogP contribution in [0.1, 0.15) is 19.4 Å². The molecule has 0 bridgehead atoms. The summed E-state index contributed by atoms with van der Waals surface area (Å²) in [6, 6.07) is 5.94. The molecule has 1 aliphatic rings. The lowest BCUT2D eigenvalue weighted by atomic mass is 10.2. The number of benzene rings is 1. The second-order valence-electron chi connectivity index (χ2n) is 5.21. The second-order valence-corrected chi connectivity index (χ2v) is 5.21. The van der Waals surface area contributed by atoms with E-state index in [1.54, 1.807) is 0 Å². The number of ether oxygens (including phenoxy) is 2. The fourth-order valence-electron chi connectivity index (χ4n) is 2.07. The van der Waals surface area contributed by atoms with Crippen LogP contribution in [0.15, 0.2) is 23.2 Å². The lowest BCUT2D eigenvalue weighted by Gasteiger charge is -2.16. The molecule has 0 unspecified atom stereocenters. The van der Waals surface area contributed by atoms with Gasteiger partial charge in [-0.3, -0.25) is 0 Å². The van der Waals surface area contributed by atoms with Crippen LogP contribution in [0.4, 0.5) is 0 Å². The molecule has 1 heterocycles. The number of nitrogens with zero attached hydrogens (tertiary/aromatic N) is 2. The number of fused-ring (bicyclic) bond motifs is 1. The summed E-state index contributed by atoms with van der Waals surface area (Å²) < 4.78 is 10.7. The molecule has 0 atom stereocenters. The van der Waals surface area contributed by atoms with E-state index in [0.29, 0.717) is 13.3 Å². The molecule has 0 spiro atoms. The van der Waals surface area contributed by atoms with Crippen molar-refractivity contribution >= 4 is 5.96 Å². The van der Waals surface area contributed by atoms with Crippen molar-refractivity contribution in [2.24, 2.45) is 4.99 Å². The van der Waals surface area contributed by atoms with Gasteiger partial charge in [-0.1, -0.05) is 13.0 Å². The molecule has 0 saturated carbocycles. The zero-order chi connectivity index (χ0) is 15.8. The van der Waals surface area contributed by atoms with Crippen LogP contribution >= 0.6 is 0 Å². The normalized spacial score (nSPS) is 13.5. The number of hydrogen-bond donors (Lipinski definition) is 2. The van der Waals surface area contributed by atoms with E-state index < -0.39 is 0 Å². The van der Waals surface area contributed by atoms with Crippen LogP contribution in [0, 0.1) is 0 Å². The van der Waals surface area contributed by atoms with Crippen molar-refractivity contribution in [3.8, 4) is 11.5 Å². The molecule has 0 radical (unpaired) electrons. The average molecular weight is 306 g/mol. The summed E-state index contributed by atoms with van der Waals surface area (Å²) in [5.74, 6) is 2.44. The molecular weight excluding hydrogens is 280 g/mol. The van der Waals surface area contributed by atoms with Crippen LogP contribution in [-0.4, -0.2) is 50.9 Å². The SMILES string of the molecule is CCNC(=NCc1ccc2c(c1)OCO2)NCCN(C)CC. The molecule has 6 heteroatoms. The summed E-state index contributed by atoms with van der Waals surface area (Å²) >= 11 is 0. The summed E-state index contributed by atoms with van der Waals surface area (Å²) in [5.41, 5.74) is 1.10. The van der Waals surface area contributed by atoms with Gasteiger partial charge in [0, 0.05) is 19.6 Å². The maximum Gasteiger partial charge on any atom is 0.231 e. The average Bonchev–Trinajstić information content (AvgIpc) is 3.00. The van der Waals surface area contributed by atoms with E-state index in [1.807, 2.05) is 18.2 Å². The Morgan fingerprint density at radius 3 is 2.82 bits per heavy atom. The first-order chi connectivity index (χ1) is 10.7. The molecule has 0 aliphatic carbocycles. The first-order valence-electron chi connectivity index (χ1n) is 7.82. The number of rotatable bonds is 7. The summed E-state index contributed by atoms with van der Waals surface area (Å²) in [6.07, 6.45) is 0. The lowest BCUT2D eigenvalue weighted by Crippen LogP contribution is -2.40. The Morgan fingerprint density at radius 2 is 2.05 bits per heavy atom. The Bertz CT molecular complexity index is 505. The molecule has 0 aromatic heterocycles. The Kier molecular flexibility index (Phi) is 6.33. The Morgan fingerprint density at radius 1 is 1.23 bits per heavy atom. The molecule has 1 aromatic rings. The van der Waals surface area contributed by atoms with Gasteiger partial charge >= 0.3 is 0 Å². The highest BCUT2D eigenvalue weighted by Crippen LogP contribution is 2.32. The highest BCUT2D eigenvalue weighted by molar-refractivity contribution is 5.79. The van der Waals surface area contributed by atoms with Crippen LogP contribution in [0.25, 0.3) is 0 Å². The Labute approximate surface area is 132 Å². The molecule has 2 N–H and O–H groups in total. The number of hydrogen-bond acceptors (Lipinski definition) is 4. The maximum atomic E-state index is 5.39. The fourth-order valence-corrected chi connectivity index (χ4v) is 2.07. The van der Waals surface area contributed by atoms with E-state index in [1.165, 1.54) is 0 Å². The predicted molar refractivity (Wildman–Crippen MR) is 88.6 cm³/mol. The van der Waals surface area contributed by atoms with Gasteiger partial charge in [0.1, 0.15) is 0 Å². The summed E-state index contributed by atoms with van der Waals surface area (Å²) in [4.78, 5) is 6.87. The van der Waals surface area contributed by atoms with E-state index in [0.717, 1.165) is 49.2 Å². The van der Waals surface area contributed by atoms with Crippen LogP contribution in [0.2, 0.25) is 0 Å². The van der Waals surface area contributed by atoms with Gasteiger partial charge in [-0.2, -0.15) is 0 Å². The predicted octanol–water partition coefficient (Wildman–Crippen LogP) is 1.42.